The van der Waals surface area contributed by atoms with E-state index < -0.39 is 11.2 Å². The number of aromatic nitrogens is 1. The van der Waals surface area contributed by atoms with E-state index in [1.807, 2.05) is 6.92 Å². The minimum Gasteiger partial charge on any atom is -0.497 e. The van der Waals surface area contributed by atoms with Gasteiger partial charge in [0.15, 0.2) is 0 Å². The van der Waals surface area contributed by atoms with Crippen LogP contribution in [0.3, 0.4) is 0 Å². The van der Waals surface area contributed by atoms with Gasteiger partial charge in [0.05, 0.1) is 18.2 Å². The predicted octanol–water partition coefficient (Wildman–Crippen LogP) is 3.31. The summed E-state index contributed by atoms with van der Waals surface area (Å²) in [4.78, 5) is 19.1. The maximum absolute atomic E-state index is 12.3. The van der Waals surface area contributed by atoms with Crippen LogP contribution in [0, 0.1) is 22.7 Å². The molecule has 2 heterocycles. The van der Waals surface area contributed by atoms with Crippen LogP contribution < -0.4 is 15.4 Å². The number of benzene rings is 1. The summed E-state index contributed by atoms with van der Waals surface area (Å²) in [5.41, 5.74) is 7.84. The molecule has 3 rings (SSSR count). The Hall–Kier alpha value is -3.23. The van der Waals surface area contributed by atoms with Gasteiger partial charge in [-0.15, -0.1) is 0 Å². The van der Waals surface area contributed by atoms with Crippen molar-refractivity contribution >= 4 is 23.5 Å². The summed E-state index contributed by atoms with van der Waals surface area (Å²) in [6.45, 7) is 3.55. The Balaban J connectivity index is 2.10. The second-order valence-corrected chi connectivity index (χ2v) is 8.01. The van der Waals surface area contributed by atoms with Crippen LogP contribution in [-0.2, 0) is 11.2 Å². The first-order valence-electron chi connectivity index (χ1n) is 9.75. The number of rotatable bonds is 7. The number of amides is 1. The standard InChI is InChI=1S/C22H23N5O2S/c1-3-16-17(12-23)21(27-10-4-5-11-27)26-22(18(16)13-24)30-19(20(25)28)14-6-8-15(29-2)9-7-14/h6-9,19H,3-5,10-11H2,1-2H3,(H2,25,28). The Morgan fingerprint density at radius 3 is 2.37 bits per heavy atom. The van der Waals surface area contributed by atoms with Gasteiger partial charge in [-0.05, 0) is 42.5 Å². The van der Waals surface area contributed by atoms with Crippen molar-refractivity contribution in [1.82, 2.24) is 4.98 Å². The normalized spacial score (nSPS) is 14.1. The zero-order valence-corrected chi connectivity index (χ0v) is 17.8. The fourth-order valence-corrected chi connectivity index (χ4v) is 4.67. The van der Waals surface area contributed by atoms with Crippen molar-refractivity contribution in [2.75, 3.05) is 25.1 Å². The number of nitrogens with two attached hydrogens (primary N) is 1. The summed E-state index contributed by atoms with van der Waals surface area (Å²) in [5, 5.41) is 19.3. The molecule has 1 aliphatic heterocycles. The summed E-state index contributed by atoms with van der Waals surface area (Å²) in [6, 6.07) is 11.5. The third-order valence-electron chi connectivity index (χ3n) is 5.14. The molecule has 1 saturated heterocycles. The van der Waals surface area contributed by atoms with Crippen molar-refractivity contribution in [1.29, 1.82) is 10.5 Å². The SMILES string of the molecule is CCc1c(C#N)c(SC(C(N)=O)c2ccc(OC)cc2)nc(N2CCCC2)c1C#N. The van der Waals surface area contributed by atoms with Gasteiger partial charge in [-0.1, -0.05) is 30.8 Å². The number of ether oxygens (including phenoxy) is 1. The molecule has 7 nitrogen and oxygen atoms in total. The minimum absolute atomic E-state index is 0.335. The number of hydrogen-bond donors (Lipinski definition) is 1. The minimum atomic E-state index is -0.723. The monoisotopic (exact) mass is 421 g/mol. The quantitative estimate of drug-likeness (QED) is 0.682. The van der Waals surface area contributed by atoms with Gasteiger partial charge in [0.2, 0.25) is 5.91 Å². The lowest BCUT2D eigenvalue weighted by molar-refractivity contribution is -0.117. The molecule has 1 aromatic carbocycles. The molecule has 0 radical (unpaired) electrons. The first-order chi connectivity index (χ1) is 14.5. The van der Waals surface area contributed by atoms with Crippen LogP contribution >= 0.6 is 11.8 Å². The van der Waals surface area contributed by atoms with Crippen LogP contribution in [0.4, 0.5) is 5.82 Å². The van der Waals surface area contributed by atoms with Crippen molar-refractivity contribution in [2.45, 2.75) is 36.5 Å². The van der Waals surface area contributed by atoms with E-state index in [2.05, 4.69) is 17.0 Å². The topological polar surface area (TPSA) is 116 Å². The number of carbonyl (C=O) groups excluding carboxylic acids is 1. The molecule has 1 aliphatic rings. The van der Waals surface area contributed by atoms with Gasteiger partial charge >= 0.3 is 0 Å². The van der Waals surface area contributed by atoms with Crippen molar-refractivity contribution in [2.24, 2.45) is 5.73 Å². The van der Waals surface area contributed by atoms with Gasteiger partial charge in [0, 0.05) is 13.1 Å². The molecule has 1 aromatic heterocycles. The van der Waals surface area contributed by atoms with Crippen LogP contribution in [-0.4, -0.2) is 31.1 Å². The first kappa shape index (κ1) is 21.5. The number of methoxy groups -OCH3 is 1. The van der Waals surface area contributed by atoms with E-state index in [0.717, 1.165) is 37.7 Å². The molecule has 1 unspecified atom stereocenters. The molecule has 1 atom stereocenters. The largest absolute Gasteiger partial charge is 0.497 e. The number of anilines is 1. The van der Waals surface area contributed by atoms with E-state index in [9.17, 15) is 15.3 Å². The fraction of sp³-hybridized carbons (Fsp3) is 0.364. The second-order valence-electron chi connectivity index (χ2n) is 6.91. The molecule has 2 N–H and O–H groups in total. The van der Waals surface area contributed by atoms with Gasteiger partial charge in [-0.3, -0.25) is 4.79 Å². The number of hydrogen-bond acceptors (Lipinski definition) is 7. The molecular formula is C22H23N5O2S. The highest BCUT2D eigenvalue weighted by Gasteiger charge is 2.28. The zero-order valence-electron chi connectivity index (χ0n) is 17.0. The van der Waals surface area contributed by atoms with Gasteiger partial charge in [0.1, 0.15) is 34.0 Å². The van der Waals surface area contributed by atoms with E-state index in [4.69, 9.17) is 15.5 Å². The summed E-state index contributed by atoms with van der Waals surface area (Å²) in [6.07, 6.45) is 2.59. The van der Waals surface area contributed by atoms with E-state index in [0.29, 0.717) is 45.3 Å². The molecule has 1 fully saturated rings. The Kier molecular flexibility index (Phi) is 6.81. The van der Waals surface area contributed by atoms with Crippen LogP contribution in [0.2, 0.25) is 0 Å². The van der Waals surface area contributed by atoms with E-state index >= 15 is 0 Å². The Labute approximate surface area is 180 Å². The first-order valence-corrected chi connectivity index (χ1v) is 10.6. The average Bonchev–Trinajstić information content (AvgIpc) is 3.30. The zero-order chi connectivity index (χ0) is 21.7. The summed E-state index contributed by atoms with van der Waals surface area (Å²) in [5.74, 6) is 0.734. The molecule has 0 saturated carbocycles. The molecule has 154 valence electrons. The van der Waals surface area contributed by atoms with Crippen molar-refractivity contribution in [3.05, 3.63) is 46.5 Å². The molecule has 0 aliphatic carbocycles. The lowest BCUT2D eigenvalue weighted by atomic mass is 10.0. The molecule has 8 heteroatoms. The van der Waals surface area contributed by atoms with Gasteiger partial charge in [0.25, 0.3) is 0 Å². The molecule has 30 heavy (non-hydrogen) atoms. The van der Waals surface area contributed by atoms with E-state index in [1.165, 1.54) is 0 Å². The number of carbonyl (C=O) groups is 1. The summed E-state index contributed by atoms with van der Waals surface area (Å²) >= 11 is 1.15. The molecule has 2 aromatic rings. The van der Waals surface area contributed by atoms with Crippen LogP contribution in [0.5, 0.6) is 5.75 Å². The van der Waals surface area contributed by atoms with Crippen LogP contribution in [0.25, 0.3) is 0 Å². The van der Waals surface area contributed by atoms with Crippen LogP contribution in [0.1, 0.15) is 47.3 Å². The highest BCUT2D eigenvalue weighted by Crippen LogP contribution is 2.40. The summed E-state index contributed by atoms with van der Waals surface area (Å²) < 4.78 is 5.18. The van der Waals surface area contributed by atoms with Gasteiger partial charge < -0.3 is 15.4 Å². The number of primary amides is 1. The second kappa shape index (κ2) is 9.51. The third-order valence-corrected chi connectivity index (χ3v) is 6.40. The lowest BCUT2D eigenvalue weighted by Crippen LogP contribution is -2.23. The van der Waals surface area contributed by atoms with Gasteiger partial charge in [-0.25, -0.2) is 4.98 Å². The molecule has 0 spiro atoms. The maximum atomic E-state index is 12.3. The summed E-state index contributed by atoms with van der Waals surface area (Å²) in [7, 11) is 1.57. The van der Waals surface area contributed by atoms with Crippen molar-refractivity contribution in [3.8, 4) is 17.9 Å². The number of nitrogens with zero attached hydrogens (tertiary/aromatic N) is 4. The highest BCUT2D eigenvalue weighted by molar-refractivity contribution is 8.00. The van der Waals surface area contributed by atoms with Crippen molar-refractivity contribution < 1.29 is 9.53 Å². The highest BCUT2D eigenvalue weighted by atomic mass is 32.2. The number of nitriles is 2. The Morgan fingerprint density at radius 1 is 1.23 bits per heavy atom. The number of thioether (sulfide) groups is 1. The lowest BCUT2D eigenvalue weighted by Gasteiger charge is -2.22. The average molecular weight is 422 g/mol. The Morgan fingerprint density at radius 2 is 1.87 bits per heavy atom. The van der Waals surface area contributed by atoms with E-state index in [1.54, 1.807) is 31.4 Å². The predicted molar refractivity (Wildman–Crippen MR) is 115 cm³/mol. The molecular weight excluding hydrogens is 398 g/mol. The van der Waals surface area contributed by atoms with Gasteiger partial charge in [-0.2, -0.15) is 10.5 Å². The molecule has 0 bridgehead atoms. The number of pyridine rings is 1. The fourth-order valence-electron chi connectivity index (χ4n) is 3.61. The smallest absolute Gasteiger partial charge is 0.235 e. The van der Waals surface area contributed by atoms with E-state index in [-0.39, 0.29) is 0 Å². The van der Waals surface area contributed by atoms with Crippen molar-refractivity contribution in [3.63, 3.8) is 0 Å². The van der Waals surface area contributed by atoms with Crippen LogP contribution in [0.15, 0.2) is 29.3 Å². The maximum Gasteiger partial charge on any atom is 0.235 e. The Bertz CT molecular complexity index is 1020. The molecule has 1 amide bonds. The third kappa shape index (κ3) is 4.19.